The number of piperidine rings is 1. The number of aromatic nitrogens is 2. The lowest BCUT2D eigenvalue weighted by atomic mass is 9.98. The maximum atomic E-state index is 12.4. The zero-order chi connectivity index (χ0) is 14.0. The molecule has 0 aliphatic carbocycles. The molecule has 0 saturated carbocycles. The Hall–Kier alpha value is -0.920. The third-order valence-corrected chi connectivity index (χ3v) is 5.30. The van der Waals surface area contributed by atoms with E-state index in [1.807, 2.05) is 0 Å². The van der Waals surface area contributed by atoms with Crippen LogP contribution in [0, 0.1) is 12.8 Å². The lowest BCUT2D eigenvalue weighted by molar-refractivity contribution is 0.224. The second-order valence-electron chi connectivity index (χ2n) is 5.44. The summed E-state index contributed by atoms with van der Waals surface area (Å²) >= 11 is 0. The fraction of sp³-hybridized carbons (Fsp3) is 0.750. The summed E-state index contributed by atoms with van der Waals surface area (Å²) in [5.74, 6) is 1.21. The number of aryl methyl sites for hydroxylation is 1. The number of sulfonamides is 1. The van der Waals surface area contributed by atoms with Gasteiger partial charge in [0.1, 0.15) is 5.82 Å². The lowest BCUT2D eigenvalue weighted by Gasteiger charge is -2.32. The van der Waals surface area contributed by atoms with Gasteiger partial charge in [0.2, 0.25) is 0 Å². The van der Waals surface area contributed by atoms with E-state index in [-0.39, 0.29) is 5.03 Å². The summed E-state index contributed by atoms with van der Waals surface area (Å²) in [4.78, 5) is 8.93. The van der Waals surface area contributed by atoms with Crippen molar-refractivity contribution in [3.8, 4) is 0 Å². The molecule has 0 atom stereocenters. The number of H-pyrrole nitrogens is 1. The summed E-state index contributed by atoms with van der Waals surface area (Å²) in [6.45, 7) is 3.97. The predicted octanol–water partition coefficient (Wildman–Crippen LogP) is 0.680. The van der Waals surface area contributed by atoms with Gasteiger partial charge in [-0.2, -0.15) is 4.31 Å². The van der Waals surface area contributed by atoms with Crippen LogP contribution >= 0.6 is 0 Å². The maximum Gasteiger partial charge on any atom is 0.260 e. The van der Waals surface area contributed by atoms with E-state index in [0.717, 1.165) is 19.4 Å². The first-order valence-corrected chi connectivity index (χ1v) is 8.00. The number of aromatic amines is 1. The van der Waals surface area contributed by atoms with Crippen molar-refractivity contribution in [3.05, 3.63) is 12.0 Å². The quantitative estimate of drug-likeness (QED) is 0.884. The average molecular weight is 286 g/mol. The van der Waals surface area contributed by atoms with Crippen molar-refractivity contribution in [1.29, 1.82) is 0 Å². The van der Waals surface area contributed by atoms with Gasteiger partial charge in [0, 0.05) is 19.6 Å². The molecule has 0 spiro atoms. The number of imidazole rings is 1. The molecule has 2 heterocycles. The molecule has 1 aromatic heterocycles. The second-order valence-corrected chi connectivity index (χ2v) is 7.35. The first kappa shape index (κ1) is 14.5. The summed E-state index contributed by atoms with van der Waals surface area (Å²) in [7, 11) is 0.713. The van der Waals surface area contributed by atoms with Gasteiger partial charge in [-0.25, -0.2) is 13.4 Å². The number of hydrogen-bond donors (Lipinski definition) is 1. The first-order valence-electron chi connectivity index (χ1n) is 6.56. The monoisotopic (exact) mass is 286 g/mol. The van der Waals surface area contributed by atoms with Gasteiger partial charge in [0.25, 0.3) is 10.0 Å². The molecule has 0 aromatic carbocycles. The third-order valence-electron chi connectivity index (χ3n) is 3.49. The highest BCUT2D eigenvalue weighted by Gasteiger charge is 2.30. The fourth-order valence-electron chi connectivity index (χ4n) is 2.52. The number of nitrogens with zero attached hydrogens (tertiary/aromatic N) is 3. The van der Waals surface area contributed by atoms with Gasteiger partial charge in [-0.3, -0.25) is 0 Å². The van der Waals surface area contributed by atoms with Gasteiger partial charge >= 0.3 is 0 Å². The number of hydrogen-bond acceptors (Lipinski definition) is 4. The molecule has 1 fully saturated rings. The van der Waals surface area contributed by atoms with E-state index in [2.05, 4.69) is 29.0 Å². The van der Waals surface area contributed by atoms with Crippen molar-refractivity contribution in [2.45, 2.75) is 24.8 Å². The van der Waals surface area contributed by atoms with Crippen molar-refractivity contribution in [3.63, 3.8) is 0 Å². The Morgan fingerprint density at radius 1 is 1.42 bits per heavy atom. The SMILES string of the molecule is Cc1ncc(S(=O)(=O)N2CCC(CN(C)C)CC2)[nH]1. The van der Waals surface area contributed by atoms with Crippen LogP contribution in [0.2, 0.25) is 0 Å². The zero-order valence-corrected chi connectivity index (χ0v) is 12.6. The molecular formula is C12H22N4O2S. The van der Waals surface area contributed by atoms with Crippen molar-refractivity contribution in [1.82, 2.24) is 19.2 Å². The smallest absolute Gasteiger partial charge is 0.260 e. The van der Waals surface area contributed by atoms with E-state index in [1.165, 1.54) is 6.20 Å². The first-order chi connectivity index (χ1) is 8.89. The minimum atomic E-state index is -3.39. The zero-order valence-electron chi connectivity index (χ0n) is 11.8. The fourth-order valence-corrected chi connectivity index (χ4v) is 3.95. The molecule has 19 heavy (non-hydrogen) atoms. The average Bonchev–Trinajstić information content (AvgIpc) is 2.76. The van der Waals surface area contributed by atoms with Crippen LogP contribution in [0.3, 0.4) is 0 Å². The predicted molar refractivity (Wildman–Crippen MR) is 73.4 cm³/mol. The molecule has 7 heteroatoms. The van der Waals surface area contributed by atoms with E-state index in [4.69, 9.17) is 0 Å². The molecule has 0 radical (unpaired) electrons. The van der Waals surface area contributed by atoms with Crippen LogP contribution in [0.25, 0.3) is 0 Å². The van der Waals surface area contributed by atoms with Crippen molar-refractivity contribution >= 4 is 10.0 Å². The van der Waals surface area contributed by atoms with Crippen molar-refractivity contribution < 1.29 is 8.42 Å². The van der Waals surface area contributed by atoms with E-state index in [9.17, 15) is 8.42 Å². The molecule has 0 unspecified atom stereocenters. The molecule has 1 N–H and O–H groups in total. The van der Waals surface area contributed by atoms with Gasteiger partial charge in [-0.15, -0.1) is 0 Å². The maximum absolute atomic E-state index is 12.4. The van der Waals surface area contributed by atoms with Crippen LogP contribution < -0.4 is 0 Å². The van der Waals surface area contributed by atoms with Crippen molar-refractivity contribution in [2.75, 3.05) is 33.7 Å². The minimum absolute atomic E-state index is 0.205. The van der Waals surface area contributed by atoms with E-state index in [0.29, 0.717) is 24.8 Å². The Morgan fingerprint density at radius 2 is 2.05 bits per heavy atom. The molecule has 6 nitrogen and oxygen atoms in total. The highest BCUT2D eigenvalue weighted by Crippen LogP contribution is 2.23. The van der Waals surface area contributed by atoms with E-state index >= 15 is 0 Å². The number of nitrogens with one attached hydrogen (secondary N) is 1. The molecule has 0 bridgehead atoms. The van der Waals surface area contributed by atoms with Gasteiger partial charge in [-0.05, 0) is 39.8 Å². The van der Waals surface area contributed by atoms with Crippen LogP contribution in [0.15, 0.2) is 11.2 Å². The lowest BCUT2D eigenvalue weighted by Crippen LogP contribution is -2.40. The Labute approximate surface area is 114 Å². The topological polar surface area (TPSA) is 69.3 Å². The van der Waals surface area contributed by atoms with Crippen LogP contribution in [-0.2, 0) is 10.0 Å². The highest BCUT2D eigenvalue weighted by atomic mass is 32.2. The van der Waals surface area contributed by atoms with Crippen LogP contribution in [-0.4, -0.2) is 61.3 Å². The van der Waals surface area contributed by atoms with Gasteiger partial charge in [-0.1, -0.05) is 0 Å². The van der Waals surface area contributed by atoms with Crippen LogP contribution in [0.5, 0.6) is 0 Å². The third kappa shape index (κ3) is 3.34. The Bertz CT molecular complexity index is 516. The van der Waals surface area contributed by atoms with Crippen LogP contribution in [0.4, 0.5) is 0 Å². The Balaban J connectivity index is 2.01. The molecule has 1 aliphatic rings. The van der Waals surface area contributed by atoms with E-state index in [1.54, 1.807) is 11.2 Å². The van der Waals surface area contributed by atoms with Gasteiger partial charge < -0.3 is 9.88 Å². The molecule has 108 valence electrons. The summed E-state index contributed by atoms with van der Waals surface area (Å²) < 4.78 is 26.3. The normalized spacial score (nSPS) is 19.2. The summed E-state index contributed by atoms with van der Waals surface area (Å²) in [5, 5.41) is 0.205. The van der Waals surface area contributed by atoms with Gasteiger partial charge in [0.15, 0.2) is 5.03 Å². The highest BCUT2D eigenvalue weighted by molar-refractivity contribution is 7.89. The molecular weight excluding hydrogens is 264 g/mol. The molecule has 0 amide bonds. The van der Waals surface area contributed by atoms with Crippen LogP contribution in [0.1, 0.15) is 18.7 Å². The second kappa shape index (κ2) is 5.60. The molecule has 1 aromatic rings. The number of rotatable bonds is 4. The summed E-state index contributed by atoms with van der Waals surface area (Å²) in [6.07, 6.45) is 3.24. The molecule has 1 saturated heterocycles. The van der Waals surface area contributed by atoms with E-state index < -0.39 is 10.0 Å². The molecule has 2 rings (SSSR count). The molecule has 1 aliphatic heterocycles. The standard InChI is InChI=1S/C12H22N4O2S/c1-10-13-8-12(14-10)19(17,18)16-6-4-11(5-7-16)9-15(2)3/h8,11H,4-7,9H2,1-3H3,(H,13,14). The van der Waals surface area contributed by atoms with Gasteiger partial charge in [0.05, 0.1) is 6.20 Å². The largest absolute Gasteiger partial charge is 0.332 e. The summed E-state index contributed by atoms with van der Waals surface area (Å²) in [5.41, 5.74) is 0. The minimum Gasteiger partial charge on any atom is -0.332 e. The Morgan fingerprint density at radius 3 is 2.53 bits per heavy atom. The van der Waals surface area contributed by atoms with Crippen molar-refractivity contribution in [2.24, 2.45) is 5.92 Å². The summed E-state index contributed by atoms with van der Waals surface area (Å²) in [6, 6.07) is 0. The Kier molecular flexibility index (Phi) is 4.27.